The molecule has 2 aromatic rings. The van der Waals surface area contributed by atoms with Gasteiger partial charge in [0.05, 0.1) is 5.69 Å². The SMILES string of the molecule is Cc1c(NC(=O)CCl)cccc1-n1cnnn1. The normalized spacial score (nSPS) is 10.2. The standard InChI is InChI=1S/C10H10ClN5O/c1-7-8(13-10(17)5-11)3-2-4-9(7)16-6-12-14-15-16/h2-4,6H,5H2,1H3,(H,13,17). The number of anilines is 1. The minimum absolute atomic E-state index is 0.0749. The molecule has 0 spiro atoms. The molecule has 0 saturated carbocycles. The molecule has 2 rings (SSSR count). The number of tetrazole rings is 1. The second-order valence-electron chi connectivity index (χ2n) is 3.39. The number of amides is 1. The second kappa shape index (κ2) is 4.92. The van der Waals surface area contributed by atoms with Crippen molar-refractivity contribution in [1.29, 1.82) is 0 Å². The molecule has 0 fully saturated rings. The average Bonchev–Trinajstić information content (AvgIpc) is 2.85. The lowest BCUT2D eigenvalue weighted by Crippen LogP contribution is -2.14. The molecule has 7 heteroatoms. The van der Waals surface area contributed by atoms with Gasteiger partial charge in [-0.3, -0.25) is 4.79 Å². The first-order valence-electron chi connectivity index (χ1n) is 4.91. The van der Waals surface area contributed by atoms with Crippen LogP contribution in [0, 0.1) is 6.92 Å². The molecule has 0 aliphatic carbocycles. The van der Waals surface area contributed by atoms with E-state index in [2.05, 4.69) is 20.8 Å². The maximum Gasteiger partial charge on any atom is 0.239 e. The Kier molecular flexibility index (Phi) is 3.34. The Bertz CT molecular complexity index is 525. The van der Waals surface area contributed by atoms with Crippen LogP contribution in [0.15, 0.2) is 24.5 Å². The monoisotopic (exact) mass is 251 g/mol. The maximum absolute atomic E-state index is 11.2. The van der Waals surface area contributed by atoms with E-state index in [-0.39, 0.29) is 11.8 Å². The van der Waals surface area contributed by atoms with Gasteiger partial charge in [-0.05, 0) is 35.0 Å². The summed E-state index contributed by atoms with van der Waals surface area (Å²) in [6.45, 7) is 1.88. The van der Waals surface area contributed by atoms with Crippen LogP contribution in [-0.4, -0.2) is 32.0 Å². The van der Waals surface area contributed by atoms with Gasteiger partial charge in [0, 0.05) is 5.69 Å². The third-order valence-electron chi connectivity index (χ3n) is 2.30. The number of nitrogens with zero attached hydrogens (tertiary/aromatic N) is 4. The van der Waals surface area contributed by atoms with Gasteiger partial charge in [0.2, 0.25) is 5.91 Å². The summed E-state index contributed by atoms with van der Waals surface area (Å²) < 4.78 is 1.53. The Hall–Kier alpha value is -1.95. The Morgan fingerprint density at radius 1 is 1.53 bits per heavy atom. The van der Waals surface area contributed by atoms with Crippen LogP contribution in [0.1, 0.15) is 5.56 Å². The molecule has 1 heterocycles. The fourth-order valence-electron chi connectivity index (χ4n) is 1.46. The number of carbonyl (C=O) groups is 1. The molecule has 0 saturated heterocycles. The topological polar surface area (TPSA) is 72.7 Å². The van der Waals surface area contributed by atoms with Crippen molar-refractivity contribution in [1.82, 2.24) is 20.2 Å². The number of alkyl halides is 1. The van der Waals surface area contributed by atoms with Gasteiger partial charge in [0.25, 0.3) is 0 Å². The Morgan fingerprint density at radius 3 is 3.00 bits per heavy atom. The van der Waals surface area contributed by atoms with Crippen LogP contribution in [-0.2, 0) is 4.79 Å². The molecular weight excluding hydrogens is 242 g/mol. The van der Waals surface area contributed by atoms with Crippen molar-refractivity contribution in [3.8, 4) is 5.69 Å². The molecule has 88 valence electrons. The molecule has 1 amide bonds. The van der Waals surface area contributed by atoms with Crippen molar-refractivity contribution < 1.29 is 4.79 Å². The molecule has 6 nitrogen and oxygen atoms in total. The summed E-state index contributed by atoms with van der Waals surface area (Å²) in [6.07, 6.45) is 1.50. The molecule has 0 atom stereocenters. The summed E-state index contributed by atoms with van der Waals surface area (Å²) in [4.78, 5) is 11.2. The molecule has 17 heavy (non-hydrogen) atoms. The smallest absolute Gasteiger partial charge is 0.239 e. The summed E-state index contributed by atoms with van der Waals surface area (Å²) in [5.74, 6) is -0.321. The van der Waals surface area contributed by atoms with Gasteiger partial charge in [-0.1, -0.05) is 6.07 Å². The Morgan fingerprint density at radius 2 is 2.35 bits per heavy atom. The highest BCUT2D eigenvalue weighted by Crippen LogP contribution is 2.21. The van der Waals surface area contributed by atoms with E-state index in [4.69, 9.17) is 11.6 Å². The third-order valence-corrected chi connectivity index (χ3v) is 2.54. The van der Waals surface area contributed by atoms with Crippen molar-refractivity contribution in [2.24, 2.45) is 0 Å². The van der Waals surface area contributed by atoms with E-state index in [1.165, 1.54) is 11.0 Å². The van der Waals surface area contributed by atoms with Crippen molar-refractivity contribution in [3.63, 3.8) is 0 Å². The lowest BCUT2D eigenvalue weighted by molar-refractivity contribution is -0.113. The van der Waals surface area contributed by atoms with E-state index in [0.717, 1.165) is 11.3 Å². The minimum atomic E-state index is -0.247. The number of benzene rings is 1. The van der Waals surface area contributed by atoms with E-state index in [1.807, 2.05) is 19.1 Å². The predicted octanol–water partition coefficient (Wildman–Crippen LogP) is 1.15. The first-order valence-corrected chi connectivity index (χ1v) is 5.44. The van der Waals surface area contributed by atoms with Gasteiger partial charge >= 0.3 is 0 Å². The van der Waals surface area contributed by atoms with E-state index >= 15 is 0 Å². The van der Waals surface area contributed by atoms with Gasteiger partial charge < -0.3 is 5.32 Å². The van der Waals surface area contributed by atoms with Crippen molar-refractivity contribution in [2.75, 3.05) is 11.2 Å². The Labute approximate surface area is 103 Å². The number of aromatic nitrogens is 4. The molecule has 0 radical (unpaired) electrons. The Balaban J connectivity index is 2.37. The van der Waals surface area contributed by atoms with E-state index in [0.29, 0.717) is 5.69 Å². The number of hydrogen-bond acceptors (Lipinski definition) is 4. The first-order chi connectivity index (χ1) is 8.22. The number of rotatable bonds is 3. The molecule has 0 aliphatic rings. The second-order valence-corrected chi connectivity index (χ2v) is 3.65. The van der Waals surface area contributed by atoms with Crippen LogP contribution in [0.4, 0.5) is 5.69 Å². The van der Waals surface area contributed by atoms with Crippen LogP contribution in [0.2, 0.25) is 0 Å². The summed E-state index contributed by atoms with van der Waals surface area (Å²) in [5.41, 5.74) is 2.38. The fraction of sp³-hybridized carbons (Fsp3) is 0.200. The van der Waals surface area contributed by atoms with Gasteiger partial charge in [-0.25, -0.2) is 4.68 Å². The molecule has 0 bridgehead atoms. The summed E-state index contributed by atoms with van der Waals surface area (Å²) in [5, 5.41) is 13.7. The number of hydrogen-bond donors (Lipinski definition) is 1. The maximum atomic E-state index is 11.2. The molecule has 1 aromatic heterocycles. The van der Waals surface area contributed by atoms with E-state index in [9.17, 15) is 4.79 Å². The summed E-state index contributed by atoms with van der Waals surface area (Å²) in [7, 11) is 0. The predicted molar refractivity (Wildman–Crippen MR) is 63.2 cm³/mol. The van der Waals surface area contributed by atoms with Crippen LogP contribution in [0.3, 0.4) is 0 Å². The van der Waals surface area contributed by atoms with E-state index in [1.54, 1.807) is 6.07 Å². The highest BCUT2D eigenvalue weighted by molar-refractivity contribution is 6.29. The van der Waals surface area contributed by atoms with E-state index < -0.39 is 0 Å². The third kappa shape index (κ3) is 2.42. The highest BCUT2D eigenvalue weighted by Gasteiger charge is 2.08. The lowest BCUT2D eigenvalue weighted by atomic mass is 10.1. The zero-order valence-electron chi connectivity index (χ0n) is 9.09. The zero-order chi connectivity index (χ0) is 12.3. The molecular formula is C10H10ClN5O. The van der Waals surface area contributed by atoms with Crippen molar-refractivity contribution in [2.45, 2.75) is 6.92 Å². The highest BCUT2D eigenvalue weighted by atomic mass is 35.5. The summed E-state index contributed by atoms with van der Waals surface area (Å²) in [6, 6.07) is 5.48. The van der Waals surface area contributed by atoms with Crippen LogP contribution >= 0.6 is 11.6 Å². The van der Waals surface area contributed by atoms with Crippen molar-refractivity contribution in [3.05, 3.63) is 30.1 Å². The van der Waals surface area contributed by atoms with Crippen LogP contribution in [0.25, 0.3) is 5.69 Å². The van der Waals surface area contributed by atoms with Gasteiger partial charge in [0.1, 0.15) is 12.2 Å². The largest absolute Gasteiger partial charge is 0.325 e. The van der Waals surface area contributed by atoms with Gasteiger partial charge in [-0.2, -0.15) is 0 Å². The quantitative estimate of drug-likeness (QED) is 0.831. The molecule has 1 N–H and O–H groups in total. The molecule has 1 aromatic carbocycles. The summed E-state index contributed by atoms with van der Waals surface area (Å²) >= 11 is 5.44. The van der Waals surface area contributed by atoms with Gasteiger partial charge in [-0.15, -0.1) is 16.7 Å². The lowest BCUT2D eigenvalue weighted by Gasteiger charge is -2.10. The zero-order valence-corrected chi connectivity index (χ0v) is 9.85. The first kappa shape index (κ1) is 11.5. The van der Waals surface area contributed by atoms with Crippen LogP contribution in [0.5, 0.6) is 0 Å². The fourth-order valence-corrected chi connectivity index (χ4v) is 1.53. The number of carbonyl (C=O) groups excluding carboxylic acids is 1. The molecule has 0 aliphatic heterocycles. The van der Waals surface area contributed by atoms with Gasteiger partial charge in [0.15, 0.2) is 0 Å². The number of halogens is 1. The average molecular weight is 252 g/mol. The minimum Gasteiger partial charge on any atom is -0.325 e. The van der Waals surface area contributed by atoms with Crippen LogP contribution < -0.4 is 5.32 Å². The van der Waals surface area contributed by atoms with Crippen molar-refractivity contribution >= 4 is 23.2 Å². The number of nitrogens with one attached hydrogen (secondary N) is 1. The molecule has 0 unspecified atom stereocenters.